The van der Waals surface area contributed by atoms with Crippen molar-refractivity contribution in [1.29, 1.82) is 0 Å². The molecule has 4 nitrogen and oxygen atoms in total. The molecule has 0 saturated heterocycles. The van der Waals surface area contributed by atoms with Crippen LogP contribution < -0.4 is 9.47 Å². The van der Waals surface area contributed by atoms with Gasteiger partial charge in [-0.2, -0.15) is 0 Å². The Kier molecular flexibility index (Phi) is 5.50. The lowest BCUT2D eigenvalue weighted by atomic mass is 9.98. The van der Waals surface area contributed by atoms with E-state index in [4.69, 9.17) is 9.47 Å². The van der Waals surface area contributed by atoms with Crippen molar-refractivity contribution in [3.05, 3.63) is 100 Å². The number of benzene rings is 3. The number of carbonyl (C=O) groups excluding carboxylic acids is 1. The molecule has 0 fully saturated rings. The number of rotatable bonds is 5. The molecule has 5 rings (SSSR count). The Bertz CT molecular complexity index is 1200. The lowest BCUT2D eigenvalue weighted by Crippen LogP contribution is -2.33. The number of hydrogen-bond acceptors (Lipinski definition) is 4. The van der Waals surface area contributed by atoms with E-state index in [9.17, 15) is 9.18 Å². The molecule has 0 N–H and O–H groups in total. The van der Waals surface area contributed by atoms with Gasteiger partial charge in [-0.3, -0.25) is 9.69 Å². The summed E-state index contributed by atoms with van der Waals surface area (Å²) in [5, 5.41) is 0. The largest absolute Gasteiger partial charge is 0.478 e. The predicted octanol–water partition coefficient (Wildman–Crippen LogP) is 5.54. The molecular weight excluding hydrogens is 405 g/mol. The molecule has 2 heterocycles. The summed E-state index contributed by atoms with van der Waals surface area (Å²) >= 11 is 0. The maximum Gasteiger partial charge on any atom is 0.232 e. The summed E-state index contributed by atoms with van der Waals surface area (Å²) in [5.74, 6) is 0.826. The second kappa shape index (κ2) is 8.60. The van der Waals surface area contributed by atoms with Gasteiger partial charge in [0.1, 0.15) is 24.0 Å². The molecule has 0 radical (unpaired) electrons. The number of ketones is 1. The molecule has 5 heteroatoms. The molecule has 2 aliphatic rings. The third kappa shape index (κ3) is 3.92. The van der Waals surface area contributed by atoms with E-state index in [2.05, 4.69) is 29.2 Å². The second-order valence-electron chi connectivity index (χ2n) is 8.25. The van der Waals surface area contributed by atoms with E-state index in [1.54, 1.807) is 18.2 Å². The van der Waals surface area contributed by atoms with Crippen LogP contribution >= 0.6 is 0 Å². The highest BCUT2D eigenvalue weighted by Crippen LogP contribution is 2.44. The highest BCUT2D eigenvalue weighted by Gasteiger charge is 2.35. The van der Waals surface area contributed by atoms with E-state index in [1.807, 2.05) is 19.1 Å². The first-order valence-corrected chi connectivity index (χ1v) is 10.8. The van der Waals surface area contributed by atoms with Gasteiger partial charge in [-0.25, -0.2) is 4.39 Å². The average molecular weight is 429 g/mol. The van der Waals surface area contributed by atoms with E-state index >= 15 is 0 Å². The molecule has 0 aromatic heterocycles. The van der Waals surface area contributed by atoms with Gasteiger partial charge in [0, 0.05) is 18.7 Å². The number of Topliss-reactive ketones (excluding diaryl/α,β-unsaturated/α-hetero) is 1. The quantitative estimate of drug-likeness (QED) is 0.500. The Morgan fingerprint density at radius 3 is 2.69 bits per heavy atom. The first-order chi connectivity index (χ1) is 15.6. The van der Waals surface area contributed by atoms with Crippen molar-refractivity contribution in [3.8, 4) is 11.5 Å². The van der Waals surface area contributed by atoms with Crippen molar-refractivity contribution in [2.45, 2.75) is 26.3 Å². The van der Waals surface area contributed by atoms with Gasteiger partial charge in [-0.1, -0.05) is 48.5 Å². The molecule has 3 aromatic rings. The van der Waals surface area contributed by atoms with E-state index in [1.165, 1.54) is 17.7 Å². The zero-order chi connectivity index (χ0) is 22.1. The SMILES string of the molecule is Cc1cc2c(c3c1C(=O)/C(=C/c1ccccc1F)O3)CN(CCCc1ccccc1)CO2. The fraction of sp³-hybridized carbons (Fsp3) is 0.222. The summed E-state index contributed by atoms with van der Waals surface area (Å²) in [6, 6.07) is 18.7. The number of hydrogen-bond donors (Lipinski definition) is 0. The standard InChI is InChI=1S/C27H24FNO3/c1-18-14-23-21(16-29(17-31-23)13-7-10-19-8-3-2-4-9-19)27-25(18)26(30)24(32-27)15-20-11-5-6-12-22(20)28/h2-6,8-9,11-12,14-15H,7,10,13,16-17H2,1H3/b24-15-. The molecule has 0 aliphatic carbocycles. The Labute approximate surface area is 186 Å². The van der Waals surface area contributed by atoms with Gasteiger partial charge in [-0.15, -0.1) is 0 Å². The second-order valence-corrected chi connectivity index (χ2v) is 8.25. The van der Waals surface area contributed by atoms with Gasteiger partial charge in [0.2, 0.25) is 5.78 Å². The molecule has 0 unspecified atom stereocenters. The van der Waals surface area contributed by atoms with Crippen LogP contribution in [0.1, 0.15) is 39.0 Å². The fourth-order valence-electron chi connectivity index (χ4n) is 4.30. The van der Waals surface area contributed by atoms with Gasteiger partial charge in [0.15, 0.2) is 5.76 Å². The first kappa shape index (κ1) is 20.5. The third-order valence-electron chi connectivity index (χ3n) is 5.96. The number of nitrogens with zero attached hydrogens (tertiary/aromatic N) is 1. The maximum atomic E-state index is 14.1. The number of halogens is 1. The van der Waals surface area contributed by atoms with Crippen LogP contribution in [0.4, 0.5) is 4.39 Å². The Morgan fingerprint density at radius 2 is 1.88 bits per heavy atom. The minimum Gasteiger partial charge on any atom is -0.478 e. The highest BCUT2D eigenvalue weighted by atomic mass is 19.1. The lowest BCUT2D eigenvalue weighted by Gasteiger charge is -2.30. The van der Waals surface area contributed by atoms with Crippen LogP contribution in [-0.2, 0) is 13.0 Å². The zero-order valence-corrected chi connectivity index (χ0v) is 17.9. The normalized spacial score (nSPS) is 16.4. The summed E-state index contributed by atoms with van der Waals surface area (Å²) in [7, 11) is 0. The van der Waals surface area contributed by atoms with Crippen LogP contribution in [0.2, 0.25) is 0 Å². The Balaban J connectivity index is 1.36. The number of aryl methyl sites for hydroxylation is 2. The van der Waals surface area contributed by atoms with Crippen LogP contribution in [0, 0.1) is 12.7 Å². The minimum absolute atomic E-state index is 0.141. The van der Waals surface area contributed by atoms with Crippen molar-refractivity contribution in [2.75, 3.05) is 13.3 Å². The van der Waals surface area contributed by atoms with Crippen LogP contribution in [0.15, 0.2) is 66.4 Å². The van der Waals surface area contributed by atoms with Crippen molar-refractivity contribution in [1.82, 2.24) is 4.90 Å². The number of ether oxygens (including phenoxy) is 2. The van der Waals surface area contributed by atoms with Gasteiger partial charge in [0.05, 0.1) is 11.1 Å². The van der Waals surface area contributed by atoms with Crippen molar-refractivity contribution in [3.63, 3.8) is 0 Å². The zero-order valence-electron chi connectivity index (χ0n) is 17.9. The molecule has 0 bridgehead atoms. The molecule has 162 valence electrons. The third-order valence-corrected chi connectivity index (χ3v) is 5.96. The van der Waals surface area contributed by atoms with Crippen LogP contribution in [0.5, 0.6) is 11.5 Å². The molecule has 0 amide bonds. The molecule has 32 heavy (non-hydrogen) atoms. The molecular formula is C27H24FNO3. The van der Waals surface area contributed by atoms with Crippen molar-refractivity contribution >= 4 is 11.9 Å². The molecule has 0 saturated carbocycles. The van der Waals surface area contributed by atoms with Crippen molar-refractivity contribution in [2.24, 2.45) is 0 Å². The van der Waals surface area contributed by atoms with E-state index < -0.39 is 0 Å². The van der Waals surface area contributed by atoms with Gasteiger partial charge < -0.3 is 9.47 Å². The van der Waals surface area contributed by atoms with Gasteiger partial charge in [-0.05, 0) is 49.1 Å². The average Bonchev–Trinajstić information content (AvgIpc) is 3.13. The molecule has 2 aliphatic heterocycles. The van der Waals surface area contributed by atoms with Crippen molar-refractivity contribution < 1.29 is 18.7 Å². The Morgan fingerprint density at radius 1 is 1.09 bits per heavy atom. The monoisotopic (exact) mass is 429 g/mol. The number of carbonyl (C=O) groups is 1. The lowest BCUT2D eigenvalue weighted by molar-refractivity contribution is 0.0928. The topological polar surface area (TPSA) is 38.8 Å². The molecule has 3 aromatic carbocycles. The summed E-state index contributed by atoms with van der Waals surface area (Å²) in [6.07, 6.45) is 3.49. The summed E-state index contributed by atoms with van der Waals surface area (Å²) in [6.45, 7) is 3.91. The van der Waals surface area contributed by atoms with Gasteiger partial charge >= 0.3 is 0 Å². The molecule has 0 spiro atoms. The summed E-state index contributed by atoms with van der Waals surface area (Å²) < 4.78 is 26.1. The van der Waals surface area contributed by atoms with E-state index in [-0.39, 0.29) is 17.4 Å². The van der Waals surface area contributed by atoms with Gasteiger partial charge in [0.25, 0.3) is 0 Å². The van der Waals surface area contributed by atoms with Crippen LogP contribution in [0.3, 0.4) is 0 Å². The summed E-state index contributed by atoms with van der Waals surface area (Å²) in [5.41, 5.74) is 3.87. The summed E-state index contributed by atoms with van der Waals surface area (Å²) in [4.78, 5) is 15.3. The molecule has 0 atom stereocenters. The van der Waals surface area contributed by atoms with E-state index in [0.29, 0.717) is 30.2 Å². The number of fused-ring (bicyclic) bond motifs is 3. The smallest absolute Gasteiger partial charge is 0.232 e. The predicted molar refractivity (Wildman–Crippen MR) is 121 cm³/mol. The van der Waals surface area contributed by atoms with Crippen LogP contribution in [0.25, 0.3) is 6.08 Å². The number of allylic oxidation sites excluding steroid dienone is 1. The van der Waals surface area contributed by atoms with E-state index in [0.717, 1.165) is 36.3 Å². The van der Waals surface area contributed by atoms with Crippen LogP contribution in [-0.4, -0.2) is 24.0 Å². The highest BCUT2D eigenvalue weighted by molar-refractivity contribution is 6.15. The minimum atomic E-state index is -0.390. The fourth-order valence-corrected chi connectivity index (χ4v) is 4.30. The Hall–Kier alpha value is -3.44. The maximum absolute atomic E-state index is 14.1. The first-order valence-electron chi connectivity index (χ1n) is 10.8.